The van der Waals surface area contributed by atoms with Crippen LogP contribution in [0, 0.1) is 11.3 Å². The van der Waals surface area contributed by atoms with Gasteiger partial charge in [0.25, 0.3) is 0 Å². The number of hydrogen-bond donors (Lipinski definition) is 1. The quantitative estimate of drug-likeness (QED) is 0.851. The Labute approximate surface area is 121 Å². The summed E-state index contributed by atoms with van der Waals surface area (Å²) < 4.78 is 37.6. The standard InChI is InChI=1S/C14H16F3N3O/c1-20(2)13(21)4-3-7-19-12-6-5-11(14(15,16)17)8-10(12)9-18/h5-6,8,19H,3-4,7H2,1-2H3. The van der Waals surface area contributed by atoms with Crippen molar-refractivity contribution in [2.24, 2.45) is 0 Å². The highest BCUT2D eigenvalue weighted by molar-refractivity contribution is 5.75. The molecule has 0 bridgehead atoms. The van der Waals surface area contributed by atoms with Crippen molar-refractivity contribution < 1.29 is 18.0 Å². The van der Waals surface area contributed by atoms with Gasteiger partial charge < -0.3 is 10.2 Å². The van der Waals surface area contributed by atoms with E-state index in [0.29, 0.717) is 25.1 Å². The maximum Gasteiger partial charge on any atom is 0.416 e. The molecule has 0 heterocycles. The van der Waals surface area contributed by atoms with E-state index in [-0.39, 0.29) is 11.5 Å². The summed E-state index contributed by atoms with van der Waals surface area (Å²) in [6, 6.07) is 4.71. The maximum atomic E-state index is 12.5. The third-order valence-corrected chi connectivity index (χ3v) is 2.85. The van der Waals surface area contributed by atoms with Crippen LogP contribution in [-0.2, 0) is 11.0 Å². The Morgan fingerprint density at radius 3 is 2.57 bits per heavy atom. The zero-order valence-corrected chi connectivity index (χ0v) is 11.8. The second kappa shape index (κ2) is 6.97. The summed E-state index contributed by atoms with van der Waals surface area (Å²) in [7, 11) is 3.30. The fourth-order valence-corrected chi connectivity index (χ4v) is 1.65. The first-order valence-corrected chi connectivity index (χ1v) is 6.31. The SMILES string of the molecule is CN(C)C(=O)CCCNc1ccc(C(F)(F)F)cc1C#N. The molecule has 0 unspecified atom stereocenters. The lowest BCUT2D eigenvalue weighted by molar-refractivity contribution is -0.137. The van der Waals surface area contributed by atoms with E-state index in [1.807, 2.05) is 0 Å². The molecule has 1 aromatic rings. The first-order valence-electron chi connectivity index (χ1n) is 6.31. The van der Waals surface area contributed by atoms with Crippen LogP contribution < -0.4 is 5.32 Å². The van der Waals surface area contributed by atoms with Gasteiger partial charge in [0, 0.05) is 27.1 Å². The van der Waals surface area contributed by atoms with Crippen molar-refractivity contribution in [3.05, 3.63) is 29.3 Å². The third-order valence-electron chi connectivity index (χ3n) is 2.85. The fraction of sp³-hybridized carbons (Fsp3) is 0.429. The van der Waals surface area contributed by atoms with Crippen LogP contribution in [0.5, 0.6) is 0 Å². The lowest BCUT2D eigenvalue weighted by Gasteiger charge is -2.12. The van der Waals surface area contributed by atoms with Crippen LogP contribution in [0.3, 0.4) is 0 Å². The van der Waals surface area contributed by atoms with E-state index in [0.717, 1.165) is 12.1 Å². The number of nitriles is 1. The van der Waals surface area contributed by atoms with Crippen LogP contribution in [0.15, 0.2) is 18.2 Å². The molecule has 4 nitrogen and oxygen atoms in total. The summed E-state index contributed by atoms with van der Waals surface area (Å²) >= 11 is 0. The number of alkyl halides is 3. The Morgan fingerprint density at radius 1 is 1.38 bits per heavy atom. The summed E-state index contributed by atoms with van der Waals surface area (Å²) in [5.74, 6) is -0.0234. The third kappa shape index (κ3) is 4.99. The maximum absolute atomic E-state index is 12.5. The van der Waals surface area contributed by atoms with Crippen molar-refractivity contribution in [1.82, 2.24) is 4.90 Å². The zero-order chi connectivity index (χ0) is 16.0. The molecule has 0 aliphatic heterocycles. The molecule has 1 amide bonds. The van der Waals surface area contributed by atoms with Gasteiger partial charge in [-0.1, -0.05) is 0 Å². The molecule has 0 saturated heterocycles. The summed E-state index contributed by atoms with van der Waals surface area (Å²) in [6.07, 6.45) is -3.60. The fourth-order valence-electron chi connectivity index (χ4n) is 1.65. The second-order valence-corrected chi connectivity index (χ2v) is 4.69. The molecule has 21 heavy (non-hydrogen) atoms. The second-order valence-electron chi connectivity index (χ2n) is 4.69. The molecule has 0 spiro atoms. The van der Waals surface area contributed by atoms with Gasteiger partial charge in [-0.05, 0) is 24.6 Å². The predicted octanol–water partition coefficient (Wildman–Crippen LogP) is 2.86. The molecule has 1 rings (SSSR count). The van der Waals surface area contributed by atoms with E-state index in [4.69, 9.17) is 5.26 Å². The molecule has 0 aliphatic rings. The molecule has 0 aliphatic carbocycles. The van der Waals surface area contributed by atoms with Gasteiger partial charge in [0.15, 0.2) is 0 Å². The molecule has 7 heteroatoms. The number of nitrogens with one attached hydrogen (secondary N) is 1. The highest BCUT2D eigenvalue weighted by Crippen LogP contribution is 2.31. The van der Waals surface area contributed by atoms with Crippen molar-refractivity contribution in [2.45, 2.75) is 19.0 Å². The number of hydrogen-bond acceptors (Lipinski definition) is 3. The molecular formula is C14H16F3N3O. The predicted molar refractivity (Wildman–Crippen MR) is 72.6 cm³/mol. The van der Waals surface area contributed by atoms with Crippen molar-refractivity contribution in [1.29, 1.82) is 5.26 Å². The average Bonchev–Trinajstić information content (AvgIpc) is 2.42. The number of carbonyl (C=O) groups excluding carboxylic acids is 1. The van der Waals surface area contributed by atoms with E-state index < -0.39 is 11.7 Å². The molecule has 0 saturated carbocycles. The lowest BCUT2D eigenvalue weighted by atomic mass is 10.1. The number of nitrogens with zero attached hydrogens (tertiary/aromatic N) is 2. The Morgan fingerprint density at radius 2 is 2.05 bits per heavy atom. The summed E-state index contributed by atoms with van der Waals surface area (Å²) in [5.41, 5.74) is -0.584. The van der Waals surface area contributed by atoms with Crippen LogP contribution >= 0.6 is 0 Å². The normalized spacial score (nSPS) is 10.9. The van der Waals surface area contributed by atoms with Gasteiger partial charge in [-0.25, -0.2) is 0 Å². The van der Waals surface area contributed by atoms with Gasteiger partial charge in [-0.3, -0.25) is 4.79 Å². The number of halogens is 3. The number of rotatable bonds is 5. The van der Waals surface area contributed by atoms with Gasteiger partial charge in [-0.2, -0.15) is 18.4 Å². The van der Waals surface area contributed by atoms with Crippen molar-refractivity contribution in [2.75, 3.05) is 26.0 Å². The van der Waals surface area contributed by atoms with Gasteiger partial charge in [-0.15, -0.1) is 0 Å². The van der Waals surface area contributed by atoms with Gasteiger partial charge in [0.2, 0.25) is 5.91 Å². The largest absolute Gasteiger partial charge is 0.416 e. The Hall–Kier alpha value is -2.23. The first-order chi connectivity index (χ1) is 9.75. The number of anilines is 1. The Bertz CT molecular complexity index is 547. The molecule has 0 radical (unpaired) electrons. The van der Waals surface area contributed by atoms with Gasteiger partial charge in [0.1, 0.15) is 6.07 Å². The first kappa shape index (κ1) is 16.8. The van der Waals surface area contributed by atoms with Crippen LogP contribution in [0.1, 0.15) is 24.0 Å². The Balaban J connectivity index is 2.64. The smallest absolute Gasteiger partial charge is 0.384 e. The van der Waals surface area contributed by atoms with E-state index in [9.17, 15) is 18.0 Å². The number of benzene rings is 1. The van der Waals surface area contributed by atoms with Crippen LogP contribution in [-0.4, -0.2) is 31.4 Å². The average molecular weight is 299 g/mol. The molecule has 0 atom stereocenters. The van der Waals surface area contributed by atoms with Gasteiger partial charge >= 0.3 is 6.18 Å². The highest BCUT2D eigenvalue weighted by Gasteiger charge is 2.31. The molecular weight excluding hydrogens is 283 g/mol. The van der Waals surface area contributed by atoms with Crippen LogP contribution in [0.2, 0.25) is 0 Å². The van der Waals surface area contributed by atoms with Crippen LogP contribution in [0.25, 0.3) is 0 Å². The number of carbonyl (C=O) groups is 1. The molecule has 114 valence electrons. The minimum Gasteiger partial charge on any atom is -0.384 e. The van der Waals surface area contributed by atoms with E-state index in [1.54, 1.807) is 20.2 Å². The molecule has 1 aromatic carbocycles. The summed E-state index contributed by atoms with van der Waals surface area (Å²) in [4.78, 5) is 12.8. The molecule has 0 fully saturated rings. The van der Waals surface area contributed by atoms with Crippen molar-refractivity contribution in [3.8, 4) is 6.07 Å². The number of amides is 1. The summed E-state index contributed by atoms with van der Waals surface area (Å²) in [5, 5.41) is 11.8. The van der Waals surface area contributed by atoms with Crippen molar-refractivity contribution >= 4 is 11.6 Å². The van der Waals surface area contributed by atoms with Crippen LogP contribution in [0.4, 0.5) is 18.9 Å². The summed E-state index contributed by atoms with van der Waals surface area (Å²) in [6.45, 7) is 0.402. The highest BCUT2D eigenvalue weighted by atomic mass is 19.4. The lowest BCUT2D eigenvalue weighted by Crippen LogP contribution is -2.22. The minimum absolute atomic E-state index is 0.0234. The zero-order valence-electron chi connectivity index (χ0n) is 11.8. The topological polar surface area (TPSA) is 56.1 Å². The molecule has 1 N–H and O–H groups in total. The monoisotopic (exact) mass is 299 g/mol. The minimum atomic E-state index is -4.47. The Kier molecular flexibility index (Phi) is 5.59. The van der Waals surface area contributed by atoms with Crippen molar-refractivity contribution in [3.63, 3.8) is 0 Å². The molecule has 0 aromatic heterocycles. The van der Waals surface area contributed by atoms with E-state index in [2.05, 4.69) is 5.32 Å². The van der Waals surface area contributed by atoms with E-state index >= 15 is 0 Å². The van der Waals surface area contributed by atoms with E-state index in [1.165, 1.54) is 11.0 Å². The van der Waals surface area contributed by atoms with Gasteiger partial charge in [0.05, 0.1) is 16.8 Å².